The molecule has 2 rings (SSSR count). The van der Waals surface area contributed by atoms with Crippen LogP contribution in [0.15, 0.2) is 11.6 Å². The Morgan fingerprint density at radius 1 is 1.57 bits per heavy atom. The van der Waals surface area contributed by atoms with Crippen molar-refractivity contribution in [3.8, 4) is 0 Å². The number of rotatable bonds is 1. The molecule has 0 unspecified atom stereocenters. The van der Waals surface area contributed by atoms with Crippen LogP contribution in [0.3, 0.4) is 0 Å². The summed E-state index contributed by atoms with van der Waals surface area (Å²) in [6.45, 7) is 4.02. The molecule has 1 aromatic heterocycles. The number of amides is 1. The topological polar surface area (TPSA) is 33.2 Å². The van der Waals surface area contributed by atoms with Gasteiger partial charge in [-0.3, -0.25) is 4.79 Å². The van der Waals surface area contributed by atoms with Gasteiger partial charge < -0.3 is 4.90 Å². The fourth-order valence-electron chi connectivity index (χ4n) is 1.68. The fourth-order valence-corrected chi connectivity index (χ4v) is 2.28. The van der Waals surface area contributed by atoms with Gasteiger partial charge >= 0.3 is 0 Å². The van der Waals surface area contributed by atoms with Crippen molar-refractivity contribution in [2.24, 2.45) is 5.92 Å². The summed E-state index contributed by atoms with van der Waals surface area (Å²) < 4.78 is 0. The number of hydrogen-bond donors (Lipinski definition) is 0. The molecule has 0 saturated carbocycles. The summed E-state index contributed by atoms with van der Waals surface area (Å²) >= 11 is 1.42. The van der Waals surface area contributed by atoms with E-state index in [2.05, 4.69) is 11.9 Å². The van der Waals surface area contributed by atoms with Crippen LogP contribution in [0.1, 0.15) is 29.6 Å². The average Bonchev–Trinajstić information content (AvgIpc) is 2.71. The van der Waals surface area contributed by atoms with Gasteiger partial charge in [0.1, 0.15) is 0 Å². The van der Waals surface area contributed by atoms with Gasteiger partial charge in [-0.2, -0.15) is 0 Å². The molecule has 1 saturated heterocycles. The van der Waals surface area contributed by atoms with Gasteiger partial charge in [0.25, 0.3) is 5.91 Å². The van der Waals surface area contributed by atoms with Crippen LogP contribution in [-0.2, 0) is 0 Å². The molecule has 0 aromatic carbocycles. The minimum atomic E-state index is 0.104. The highest BCUT2D eigenvalue weighted by molar-refractivity contribution is 7.11. The summed E-state index contributed by atoms with van der Waals surface area (Å²) in [5.41, 5.74) is 0. The van der Waals surface area contributed by atoms with Crippen LogP contribution < -0.4 is 0 Å². The first-order chi connectivity index (χ1) is 6.77. The van der Waals surface area contributed by atoms with E-state index in [0.29, 0.717) is 5.01 Å². The SMILES string of the molecule is CC1CCN(C(=O)c2nccs2)CC1. The van der Waals surface area contributed by atoms with Gasteiger partial charge in [-0.05, 0) is 18.8 Å². The number of carbonyl (C=O) groups excluding carboxylic acids is 1. The summed E-state index contributed by atoms with van der Waals surface area (Å²) in [5.74, 6) is 0.863. The predicted molar refractivity (Wildman–Crippen MR) is 56.4 cm³/mol. The number of nitrogens with zero attached hydrogens (tertiary/aromatic N) is 2. The number of aromatic nitrogens is 1. The first kappa shape index (κ1) is 9.65. The Balaban J connectivity index is 1.99. The van der Waals surface area contributed by atoms with Gasteiger partial charge in [0.05, 0.1) is 0 Å². The van der Waals surface area contributed by atoms with Gasteiger partial charge in [-0.1, -0.05) is 6.92 Å². The molecule has 0 aliphatic carbocycles. The van der Waals surface area contributed by atoms with Crippen LogP contribution in [-0.4, -0.2) is 28.9 Å². The quantitative estimate of drug-likeness (QED) is 0.710. The maximum Gasteiger partial charge on any atom is 0.282 e. The van der Waals surface area contributed by atoms with Crippen LogP contribution in [0, 0.1) is 5.92 Å². The lowest BCUT2D eigenvalue weighted by Gasteiger charge is -2.29. The zero-order chi connectivity index (χ0) is 9.97. The van der Waals surface area contributed by atoms with Crippen LogP contribution in [0.25, 0.3) is 0 Å². The Kier molecular flexibility index (Phi) is 2.82. The summed E-state index contributed by atoms with van der Waals surface area (Å²) in [7, 11) is 0. The second kappa shape index (κ2) is 4.09. The molecule has 1 fully saturated rings. The smallest absolute Gasteiger partial charge is 0.282 e. The number of piperidine rings is 1. The summed E-state index contributed by atoms with van der Waals surface area (Å²) in [6, 6.07) is 0. The highest BCUT2D eigenvalue weighted by Gasteiger charge is 2.22. The van der Waals surface area contributed by atoms with Gasteiger partial charge in [0.2, 0.25) is 0 Å². The lowest BCUT2D eigenvalue weighted by atomic mass is 9.99. The molecular formula is C10H14N2OS. The number of carbonyl (C=O) groups is 1. The molecule has 0 bridgehead atoms. The molecule has 0 spiro atoms. The van der Waals surface area contributed by atoms with Gasteiger partial charge in [-0.15, -0.1) is 11.3 Å². The Morgan fingerprint density at radius 3 is 2.86 bits per heavy atom. The van der Waals surface area contributed by atoms with Crippen LogP contribution >= 0.6 is 11.3 Å². The Hall–Kier alpha value is -0.900. The summed E-state index contributed by atoms with van der Waals surface area (Å²) in [6.07, 6.45) is 3.93. The molecular weight excluding hydrogens is 196 g/mol. The monoisotopic (exact) mass is 210 g/mol. The Morgan fingerprint density at radius 2 is 2.29 bits per heavy atom. The van der Waals surface area contributed by atoms with E-state index in [4.69, 9.17) is 0 Å². The van der Waals surface area contributed by atoms with Crippen molar-refractivity contribution in [1.82, 2.24) is 9.88 Å². The van der Waals surface area contributed by atoms with Gasteiger partial charge in [-0.25, -0.2) is 4.98 Å². The van der Waals surface area contributed by atoms with E-state index < -0.39 is 0 Å². The fraction of sp³-hybridized carbons (Fsp3) is 0.600. The van der Waals surface area contributed by atoms with Crippen LogP contribution in [0.2, 0.25) is 0 Å². The van der Waals surface area contributed by atoms with Crippen LogP contribution in [0.4, 0.5) is 0 Å². The molecule has 4 heteroatoms. The normalized spacial score (nSPS) is 18.5. The van der Waals surface area contributed by atoms with E-state index in [1.165, 1.54) is 11.3 Å². The molecule has 1 amide bonds. The molecule has 1 aliphatic heterocycles. The minimum absolute atomic E-state index is 0.104. The second-order valence-electron chi connectivity index (χ2n) is 3.81. The largest absolute Gasteiger partial charge is 0.337 e. The zero-order valence-electron chi connectivity index (χ0n) is 8.27. The maximum atomic E-state index is 11.8. The van der Waals surface area contributed by atoms with Crippen molar-refractivity contribution in [2.45, 2.75) is 19.8 Å². The van der Waals surface area contributed by atoms with Crippen LogP contribution in [0.5, 0.6) is 0 Å². The molecule has 0 atom stereocenters. The maximum absolute atomic E-state index is 11.8. The minimum Gasteiger partial charge on any atom is -0.337 e. The highest BCUT2D eigenvalue weighted by atomic mass is 32.1. The molecule has 0 radical (unpaired) electrons. The molecule has 2 heterocycles. The number of thiazole rings is 1. The van der Waals surface area contributed by atoms with Crippen molar-refractivity contribution in [2.75, 3.05) is 13.1 Å². The number of likely N-dealkylation sites (tertiary alicyclic amines) is 1. The van der Waals surface area contributed by atoms with Crippen molar-refractivity contribution in [3.63, 3.8) is 0 Å². The van der Waals surface area contributed by atoms with E-state index in [1.807, 2.05) is 10.3 Å². The van der Waals surface area contributed by atoms with Crippen molar-refractivity contribution in [1.29, 1.82) is 0 Å². The summed E-state index contributed by atoms with van der Waals surface area (Å²) in [5, 5.41) is 2.47. The molecule has 0 N–H and O–H groups in total. The van der Waals surface area contributed by atoms with E-state index in [9.17, 15) is 4.79 Å². The Bertz CT molecular complexity index is 302. The predicted octanol–water partition coefficient (Wildman–Crippen LogP) is 2.02. The van der Waals surface area contributed by atoms with Gasteiger partial charge in [0, 0.05) is 24.7 Å². The van der Waals surface area contributed by atoms with E-state index in [1.54, 1.807) is 6.20 Å². The third kappa shape index (κ3) is 1.95. The van der Waals surface area contributed by atoms with Gasteiger partial charge in [0.15, 0.2) is 5.01 Å². The lowest BCUT2D eigenvalue weighted by Crippen LogP contribution is -2.37. The van der Waals surface area contributed by atoms with Crippen molar-refractivity contribution >= 4 is 17.2 Å². The van der Waals surface area contributed by atoms with E-state index >= 15 is 0 Å². The summed E-state index contributed by atoms with van der Waals surface area (Å²) in [4.78, 5) is 17.8. The number of hydrogen-bond acceptors (Lipinski definition) is 3. The van der Waals surface area contributed by atoms with Crippen molar-refractivity contribution in [3.05, 3.63) is 16.6 Å². The Labute approximate surface area is 87.8 Å². The van der Waals surface area contributed by atoms with E-state index in [-0.39, 0.29) is 5.91 Å². The molecule has 14 heavy (non-hydrogen) atoms. The zero-order valence-corrected chi connectivity index (χ0v) is 9.09. The average molecular weight is 210 g/mol. The second-order valence-corrected chi connectivity index (χ2v) is 4.71. The lowest BCUT2D eigenvalue weighted by molar-refractivity contribution is 0.0697. The molecule has 3 nitrogen and oxygen atoms in total. The highest BCUT2D eigenvalue weighted by Crippen LogP contribution is 2.18. The first-order valence-electron chi connectivity index (χ1n) is 4.96. The molecule has 76 valence electrons. The molecule has 1 aromatic rings. The third-order valence-corrected chi connectivity index (χ3v) is 3.45. The van der Waals surface area contributed by atoms with E-state index in [0.717, 1.165) is 31.8 Å². The standard InChI is InChI=1S/C10H14N2OS/c1-8-2-5-12(6-3-8)10(13)9-11-4-7-14-9/h4,7-8H,2-3,5-6H2,1H3. The first-order valence-corrected chi connectivity index (χ1v) is 5.84. The van der Waals surface area contributed by atoms with Crippen molar-refractivity contribution < 1.29 is 4.79 Å². The third-order valence-electron chi connectivity index (χ3n) is 2.69. The molecule has 1 aliphatic rings.